The zero-order chi connectivity index (χ0) is 23.6. The van der Waals surface area contributed by atoms with Crippen LogP contribution in [0.4, 0.5) is 5.82 Å². The van der Waals surface area contributed by atoms with Crippen molar-refractivity contribution in [1.29, 1.82) is 0 Å². The molecule has 0 spiro atoms. The lowest BCUT2D eigenvalue weighted by Crippen LogP contribution is -2.45. The van der Waals surface area contributed by atoms with E-state index < -0.39 is 65.8 Å². The Balaban J connectivity index is 1.62. The molecule has 16 nitrogen and oxygen atoms in total. The van der Waals surface area contributed by atoms with Crippen molar-refractivity contribution in [2.75, 3.05) is 12.3 Å². The highest BCUT2D eigenvalue weighted by Gasteiger charge is 2.45. The summed E-state index contributed by atoms with van der Waals surface area (Å²) in [5.74, 6) is -2.28. The van der Waals surface area contributed by atoms with E-state index in [1.807, 2.05) is 0 Å². The van der Waals surface area contributed by atoms with Crippen molar-refractivity contribution in [3.05, 3.63) is 12.7 Å². The standard InChI is InChI=1S/C15H21N7O9S/c16-6(1-2-8(23)24)14(27)21-32(28,29)30-3-7-10(25)11(26)15(31-7)22-5-20-9-12(17)18-4-19-13(9)22/h4-7,10-11,15,25-26H,1-3,16H2,(H,21,27)(H,23,24)(H2,17,18,19)/t6-,7+,10?,11-,15+/m0/s1. The first kappa shape index (κ1) is 23.7. The molecule has 1 saturated heterocycles. The minimum Gasteiger partial charge on any atom is -0.481 e. The zero-order valence-corrected chi connectivity index (χ0v) is 17.1. The van der Waals surface area contributed by atoms with Crippen LogP contribution in [0, 0.1) is 0 Å². The fourth-order valence-electron chi connectivity index (χ4n) is 2.95. The highest BCUT2D eigenvalue weighted by molar-refractivity contribution is 7.85. The lowest BCUT2D eigenvalue weighted by atomic mass is 10.1. The van der Waals surface area contributed by atoms with Gasteiger partial charge in [-0.05, 0) is 6.42 Å². The van der Waals surface area contributed by atoms with Crippen molar-refractivity contribution in [2.45, 2.75) is 43.4 Å². The minimum absolute atomic E-state index is 0.0880. The number of carbonyl (C=O) groups excluding carboxylic acids is 1. The molecule has 1 amide bonds. The number of rotatable bonds is 9. The Bertz CT molecular complexity index is 1110. The fraction of sp³-hybridized carbons (Fsp3) is 0.533. The van der Waals surface area contributed by atoms with Crippen LogP contribution in [-0.2, 0) is 28.8 Å². The van der Waals surface area contributed by atoms with Crippen LogP contribution in [0.15, 0.2) is 12.7 Å². The average Bonchev–Trinajstić information content (AvgIpc) is 3.27. The average molecular weight is 475 g/mol. The van der Waals surface area contributed by atoms with Crippen LogP contribution in [0.2, 0.25) is 0 Å². The summed E-state index contributed by atoms with van der Waals surface area (Å²) in [6.45, 7) is -0.758. The largest absolute Gasteiger partial charge is 0.481 e. The number of aromatic nitrogens is 4. The maximum atomic E-state index is 12.0. The molecule has 32 heavy (non-hydrogen) atoms. The number of amides is 1. The molecule has 5 atom stereocenters. The van der Waals surface area contributed by atoms with Crippen molar-refractivity contribution in [2.24, 2.45) is 5.73 Å². The number of carbonyl (C=O) groups is 2. The number of nitrogens with one attached hydrogen (secondary N) is 1. The third-order valence-electron chi connectivity index (χ3n) is 4.62. The monoisotopic (exact) mass is 475 g/mol. The van der Waals surface area contributed by atoms with Crippen molar-refractivity contribution in [3.63, 3.8) is 0 Å². The van der Waals surface area contributed by atoms with Crippen LogP contribution in [0.3, 0.4) is 0 Å². The van der Waals surface area contributed by atoms with Gasteiger partial charge in [-0.1, -0.05) is 0 Å². The normalized spacial score (nSPS) is 24.5. The molecule has 0 aromatic carbocycles. The Morgan fingerprint density at radius 3 is 2.69 bits per heavy atom. The predicted molar refractivity (Wildman–Crippen MR) is 104 cm³/mol. The number of aliphatic carboxylic acids is 1. The van der Waals surface area contributed by atoms with Gasteiger partial charge in [0.15, 0.2) is 17.7 Å². The SMILES string of the molecule is Nc1ncnc2c1ncn2[C@@H]1O[C@H](COS(=O)(=O)NC(=O)[C@@H](N)CCC(=O)O)C(O)[C@@H]1O. The van der Waals surface area contributed by atoms with Gasteiger partial charge in [0.2, 0.25) is 0 Å². The number of nitrogens with zero attached hydrogens (tertiary/aromatic N) is 4. The van der Waals surface area contributed by atoms with E-state index in [0.29, 0.717) is 0 Å². The number of hydrogen-bond acceptors (Lipinski definition) is 13. The van der Waals surface area contributed by atoms with Crippen LogP contribution in [0.1, 0.15) is 19.1 Å². The quantitative estimate of drug-likeness (QED) is 0.207. The Hall–Kier alpha value is -2.96. The molecule has 0 saturated carbocycles. The predicted octanol–water partition coefficient (Wildman–Crippen LogP) is -3.40. The molecule has 3 heterocycles. The van der Waals surface area contributed by atoms with E-state index in [1.54, 1.807) is 4.72 Å². The zero-order valence-electron chi connectivity index (χ0n) is 16.3. The number of hydrogen-bond donors (Lipinski definition) is 6. The first-order valence-electron chi connectivity index (χ1n) is 9.13. The van der Waals surface area contributed by atoms with Gasteiger partial charge in [-0.25, -0.2) is 19.7 Å². The third kappa shape index (κ3) is 5.09. The maximum absolute atomic E-state index is 12.0. The van der Waals surface area contributed by atoms with Gasteiger partial charge >= 0.3 is 16.3 Å². The summed E-state index contributed by atoms with van der Waals surface area (Å²) >= 11 is 0. The third-order valence-corrected chi connectivity index (χ3v) is 5.52. The highest BCUT2D eigenvalue weighted by Crippen LogP contribution is 2.32. The molecule has 0 aliphatic carbocycles. The van der Waals surface area contributed by atoms with Crippen molar-refractivity contribution in [3.8, 4) is 0 Å². The molecule has 2 aromatic rings. The van der Waals surface area contributed by atoms with E-state index in [1.165, 1.54) is 17.2 Å². The molecule has 8 N–H and O–H groups in total. The maximum Gasteiger partial charge on any atom is 0.362 e. The number of nitrogens with two attached hydrogens (primary N) is 2. The summed E-state index contributed by atoms with van der Waals surface area (Å²) in [6, 6.07) is -1.40. The van der Waals surface area contributed by atoms with Gasteiger partial charge in [-0.3, -0.25) is 18.3 Å². The number of anilines is 1. The minimum atomic E-state index is -4.66. The first-order chi connectivity index (χ1) is 15.0. The molecule has 2 aromatic heterocycles. The number of carboxylic acids is 1. The van der Waals surface area contributed by atoms with Gasteiger partial charge in [0.25, 0.3) is 5.91 Å². The van der Waals surface area contributed by atoms with Gasteiger partial charge in [0.1, 0.15) is 30.2 Å². The van der Waals surface area contributed by atoms with Gasteiger partial charge in [0.05, 0.1) is 19.0 Å². The van der Waals surface area contributed by atoms with Crippen LogP contribution >= 0.6 is 0 Å². The van der Waals surface area contributed by atoms with Crippen molar-refractivity contribution < 1.29 is 42.2 Å². The molecular weight excluding hydrogens is 454 g/mol. The molecule has 1 unspecified atom stereocenters. The molecule has 1 aliphatic heterocycles. The number of nitrogen functional groups attached to an aromatic ring is 1. The van der Waals surface area contributed by atoms with E-state index in [-0.39, 0.29) is 23.4 Å². The second-order valence-electron chi connectivity index (χ2n) is 6.87. The van der Waals surface area contributed by atoms with Crippen LogP contribution in [-0.4, -0.2) is 86.1 Å². The Morgan fingerprint density at radius 2 is 2.00 bits per heavy atom. The summed E-state index contributed by atoms with van der Waals surface area (Å²) in [5.41, 5.74) is 11.6. The lowest BCUT2D eigenvalue weighted by molar-refractivity contribution is -0.137. The van der Waals surface area contributed by atoms with Gasteiger partial charge in [-0.2, -0.15) is 8.42 Å². The van der Waals surface area contributed by atoms with Gasteiger partial charge < -0.3 is 31.5 Å². The fourth-order valence-corrected chi connectivity index (χ4v) is 3.72. The number of imidazole rings is 1. The number of aliphatic hydroxyl groups excluding tert-OH is 2. The summed E-state index contributed by atoms with van der Waals surface area (Å²) in [4.78, 5) is 34.1. The first-order valence-corrected chi connectivity index (χ1v) is 10.5. The van der Waals surface area contributed by atoms with E-state index in [9.17, 15) is 28.2 Å². The second-order valence-corrected chi connectivity index (χ2v) is 8.22. The molecule has 0 radical (unpaired) electrons. The van der Waals surface area contributed by atoms with E-state index >= 15 is 0 Å². The highest BCUT2D eigenvalue weighted by atomic mass is 32.2. The molecule has 3 rings (SSSR count). The summed E-state index contributed by atoms with van der Waals surface area (Å²) in [7, 11) is -4.66. The number of aliphatic hydroxyl groups is 2. The topological polar surface area (TPSA) is 255 Å². The molecule has 0 bridgehead atoms. The molecule has 17 heteroatoms. The van der Waals surface area contributed by atoms with E-state index in [0.717, 1.165) is 0 Å². The summed E-state index contributed by atoms with van der Waals surface area (Å²) in [5, 5.41) is 29.2. The Kier molecular flexibility index (Phi) is 6.86. The Labute approximate surface area is 180 Å². The molecule has 1 aliphatic rings. The Morgan fingerprint density at radius 1 is 1.28 bits per heavy atom. The molecule has 176 valence electrons. The smallest absolute Gasteiger partial charge is 0.362 e. The van der Waals surface area contributed by atoms with Crippen LogP contribution in [0.25, 0.3) is 11.2 Å². The molecular formula is C15H21N7O9S. The summed E-state index contributed by atoms with van der Waals surface area (Å²) < 4.78 is 37.0. The van der Waals surface area contributed by atoms with Crippen LogP contribution < -0.4 is 16.2 Å². The number of fused-ring (bicyclic) bond motifs is 1. The summed E-state index contributed by atoms with van der Waals surface area (Å²) in [6.07, 6.45) is -3.85. The number of ether oxygens (including phenoxy) is 1. The van der Waals surface area contributed by atoms with Gasteiger partial charge in [0, 0.05) is 6.42 Å². The lowest BCUT2D eigenvalue weighted by Gasteiger charge is -2.16. The van der Waals surface area contributed by atoms with Crippen LogP contribution in [0.5, 0.6) is 0 Å². The van der Waals surface area contributed by atoms with E-state index in [2.05, 4.69) is 19.1 Å². The second kappa shape index (κ2) is 9.27. The number of carboxylic acid groups (broad SMARTS) is 1. The van der Waals surface area contributed by atoms with Gasteiger partial charge in [-0.15, -0.1) is 0 Å². The van der Waals surface area contributed by atoms with Crippen molar-refractivity contribution in [1.82, 2.24) is 24.2 Å². The molecule has 1 fully saturated rings. The van der Waals surface area contributed by atoms with Crippen molar-refractivity contribution >= 4 is 39.2 Å². The van der Waals surface area contributed by atoms with E-state index in [4.69, 9.17) is 21.3 Å².